The van der Waals surface area contributed by atoms with Crippen LogP contribution < -0.4 is 4.90 Å². The summed E-state index contributed by atoms with van der Waals surface area (Å²) >= 11 is 0. The molecular formula is C20H18FN3O. The molecule has 1 aliphatic heterocycles. The van der Waals surface area contributed by atoms with Gasteiger partial charge in [0.25, 0.3) is 0 Å². The summed E-state index contributed by atoms with van der Waals surface area (Å²) in [7, 11) is 0. The minimum Gasteiger partial charge on any atom is -0.312 e. The molecule has 0 radical (unpaired) electrons. The van der Waals surface area contributed by atoms with Crippen molar-refractivity contribution >= 4 is 11.6 Å². The monoisotopic (exact) mass is 335 g/mol. The summed E-state index contributed by atoms with van der Waals surface area (Å²) < 4.78 is 14.5. The number of hydrogen-bond donors (Lipinski definition) is 1. The van der Waals surface area contributed by atoms with Crippen LogP contribution in [0.15, 0.2) is 60.9 Å². The molecule has 1 aliphatic rings. The molecule has 1 unspecified atom stereocenters. The summed E-state index contributed by atoms with van der Waals surface area (Å²) in [6.07, 6.45) is 4.74. The van der Waals surface area contributed by atoms with Crippen LogP contribution in [-0.2, 0) is 11.2 Å². The highest BCUT2D eigenvalue weighted by atomic mass is 19.1. The molecule has 2 heterocycles. The van der Waals surface area contributed by atoms with E-state index in [1.165, 1.54) is 6.07 Å². The van der Waals surface area contributed by atoms with Crippen LogP contribution in [0.25, 0.3) is 11.1 Å². The molecule has 0 spiro atoms. The average Bonchev–Trinajstić information content (AvgIpc) is 3.27. The maximum atomic E-state index is 14.5. The molecule has 1 aromatic heterocycles. The van der Waals surface area contributed by atoms with Crippen LogP contribution in [-0.4, -0.2) is 22.6 Å². The Kier molecular flexibility index (Phi) is 4.06. The fourth-order valence-corrected chi connectivity index (χ4v) is 3.39. The maximum absolute atomic E-state index is 14.5. The predicted octanol–water partition coefficient (Wildman–Crippen LogP) is 3.81. The molecule has 1 N–H and O–H groups in total. The lowest BCUT2D eigenvalue weighted by molar-refractivity contribution is -0.120. The molecule has 4 rings (SSSR count). The number of halogens is 1. The van der Waals surface area contributed by atoms with Crippen molar-refractivity contribution in [1.82, 2.24) is 10.2 Å². The van der Waals surface area contributed by atoms with Crippen molar-refractivity contribution in [3.05, 3.63) is 72.3 Å². The summed E-state index contributed by atoms with van der Waals surface area (Å²) in [5, 5.41) is 6.53. The van der Waals surface area contributed by atoms with Crippen molar-refractivity contribution in [3.63, 3.8) is 0 Å². The first kappa shape index (κ1) is 15.6. The van der Waals surface area contributed by atoms with Crippen molar-refractivity contribution in [3.8, 4) is 11.1 Å². The molecule has 0 aliphatic carbocycles. The first-order chi connectivity index (χ1) is 12.2. The van der Waals surface area contributed by atoms with Gasteiger partial charge in [-0.05, 0) is 36.6 Å². The topological polar surface area (TPSA) is 49.0 Å². The van der Waals surface area contributed by atoms with Gasteiger partial charge in [-0.2, -0.15) is 5.10 Å². The van der Waals surface area contributed by atoms with Gasteiger partial charge in [-0.1, -0.05) is 30.3 Å². The van der Waals surface area contributed by atoms with Gasteiger partial charge < -0.3 is 4.90 Å². The van der Waals surface area contributed by atoms with Gasteiger partial charge in [-0.3, -0.25) is 9.89 Å². The highest BCUT2D eigenvalue weighted by molar-refractivity contribution is 5.97. The second-order valence-corrected chi connectivity index (χ2v) is 6.32. The third-order valence-electron chi connectivity index (χ3n) is 4.71. The Bertz CT molecular complexity index is 877. The highest BCUT2D eigenvalue weighted by Gasteiger charge is 2.32. The summed E-state index contributed by atoms with van der Waals surface area (Å²) in [6, 6.07) is 14.9. The Morgan fingerprint density at radius 1 is 1.20 bits per heavy atom. The van der Waals surface area contributed by atoms with Crippen LogP contribution in [0.5, 0.6) is 0 Å². The smallest absolute Gasteiger partial charge is 0.230 e. The van der Waals surface area contributed by atoms with E-state index in [4.69, 9.17) is 0 Å². The van der Waals surface area contributed by atoms with Crippen LogP contribution in [0.2, 0.25) is 0 Å². The lowest BCUT2D eigenvalue weighted by Crippen LogP contribution is -2.27. The number of carbonyl (C=O) groups excluding carboxylic acids is 1. The van der Waals surface area contributed by atoms with Crippen molar-refractivity contribution in [2.45, 2.75) is 12.8 Å². The van der Waals surface area contributed by atoms with Crippen LogP contribution >= 0.6 is 0 Å². The minimum atomic E-state index is -0.349. The van der Waals surface area contributed by atoms with E-state index in [2.05, 4.69) is 10.2 Å². The second kappa shape index (κ2) is 6.51. The summed E-state index contributed by atoms with van der Waals surface area (Å²) in [6.45, 7) is 0.626. The summed E-state index contributed by atoms with van der Waals surface area (Å²) in [5.41, 5.74) is 2.94. The van der Waals surface area contributed by atoms with E-state index < -0.39 is 0 Å². The summed E-state index contributed by atoms with van der Waals surface area (Å²) in [5.74, 6) is -0.323. The zero-order valence-corrected chi connectivity index (χ0v) is 13.7. The van der Waals surface area contributed by atoms with Crippen molar-refractivity contribution < 1.29 is 9.18 Å². The van der Waals surface area contributed by atoms with Crippen LogP contribution in [0, 0.1) is 11.7 Å². The normalized spacial score (nSPS) is 17.2. The SMILES string of the molecule is O=C1C(Cc2ccccc2)CCN1c1ccc(-c2cn[nH]c2)c(F)c1. The van der Waals surface area contributed by atoms with Crippen LogP contribution in [0.3, 0.4) is 0 Å². The molecule has 0 saturated carbocycles. The zero-order valence-electron chi connectivity index (χ0n) is 13.7. The number of carbonyl (C=O) groups is 1. The van der Waals surface area contributed by atoms with E-state index in [0.717, 1.165) is 18.4 Å². The lowest BCUT2D eigenvalue weighted by atomic mass is 9.98. The lowest BCUT2D eigenvalue weighted by Gasteiger charge is -2.18. The van der Waals surface area contributed by atoms with E-state index in [9.17, 15) is 9.18 Å². The molecule has 4 nitrogen and oxygen atoms in total. The van der Waals surface area contributed by atoms with Gasteiger partial charge in [-0.25, -0.2) is 4.39 Å². The van der Waals surface area contributed by atoms with Crippen LogP contribution in [0.4, 0.5) is 10.1 Å². The first-order valence-electron chi connectivity index (χ1n) is 8.36. The minimum absolute atomic E-state index is 0.0426. The standard InChI is InChI=1S/C20H18FN3O/c21-19-11-17(6-7-18(19)16-12-22-23-13-16)24-9-8-15(20(24)25)10-14-4-2-1-3-5-14/h1-7,11-13,15H,8-10H2,(H,22,23). The Morgan fingerprint density at radius 2 is 2.04 bits per heavy atom. The van der Waals surface area contributed by atoms with Crippen molar-refractivity contribution in [2.75, 3.05) is 11.4 Å². The van der Waals surface area contributed by atoms with E-state index in [1.807, 2.05) is 30.3 Å². The molecule has 3 aromatic rings. The van der Waals surface area contributed by atoms with Gasteiger partial charge in [0.15, 0.2) is 0 Å². The fourth-order valence-electron chi connectivity index (χ4n) is 3.39. The third kappa shape index (κ3) is 3.05. The number of hydrogen-bond acceptors (Lipinski definition) is 2. The predicted molar refractivity (Wildman–Crippen MR) is 94.6 cm³/mol. The molecule has 1 atom stereocenters. The number of amides is 1. The number of anilines is 1. The van der Waals surface area contributed by atoms with Gasteiger partial charge in [0, 0.05) is 35.5 Å². The average molecular weight is 335 g/mol. The first-order valence-corrected chi connectivity index (χ1v) is 8.36. The Balaban J connectivity index is 1.53. The van der Waals surface area contributed by atoms with Gasteiger partial charge in [0.05, 0.1) is 6.20 Å². The maximum Gasteiger partial charge on any atom is 0.230 e. The zero-order chi connectivity index (χ0) is 17.2. The van der Waals surface area contributed by atoms with Gasteiger partial charge in [0.2, 0.25) is 5.91 Å². The van der Waals surface area contributed by atoms with Gasteiger partial charge in [-0.15, -0.1) is 0 Å². The third-order valence-corrected chi connectivity index (χ3v) is 4.71. The molecule has 1 amide bonds. The number of benzene rings is 2. The fraction of sp³-hybridized carbons (Fsp3) is 0.200. The van der Waals surface area contributed by atoms with Crippen molar-refractivity contribution in [1.29, 1.82) is 0 Å². The molecule has 1 fully saturated rings. The molecule has 2 aromatic carbocycles. The molecule has 1 saturated heterocycles. The summed E-state index contributed by atoms with van der Waals surface area (Å²) in [4.78, 5) is 14.4. The second-order valence-electron chi connectivity index (χ2n) is 6.32. The van der Waals surface area contributed by atoms with Gasteiger partial charge in [0.1, 0.15) is 5.82 Å². The Morgan fingerprint density at radius 3 is 2.76 bits per heavy atom. The van der Waals surface area contributed by atoms with Crippen LogP contribution in [0.1, 0.15) is 12.0 Å². The molecule has 25 heavy (non-hydrogen) atoms. The number of rotatable bonds is 4. The molecule has 126 valence electrons. The largest absolute Gasteiger partial charge is 0.312 e. The Labute approximate surface area is 145 Å². The van der Waals surface area contributed by atoms with E-state index in [-0.39, 0.29) is 17.6 Å². The number of aromatic amines is 1. The molecule has 0 bridgehead atoms. The quantitative estimate of drug-likeness (QED) is 0.788. The van der Waals surface area contributed by atoms with Gasteiger partial charge >= 0.3 is 0 Å². The molecule has 5 heteroatoms. The Hall–Kier alpha value is -2.95. The highest BCUT2D eigenvalue weighted by Crippen LogP contribution is 2.31. The van der Waals surface area contributed by atoms with Crippen molar-refractivity contribution in [2.24, 2.45) is 5.92 Å². The number of nitrogens with one attached hydrogen (secondary N) is 1. The number of nitrogens with zero attached hydrogens (tertiary/aromatic N) is 2. The number of aromatic nitrogens is 2. The van der Waals surface area contributed by atoms with E-state index in [0.29, 0.717) is 23.4 Å². The van der Waals surface area contributed by atoms with E-state index in [1.54, 1.807) is 29.4 Å². The number of H-pyrrole nitrogens is 1. The van der Waals surface area contributed by atoms with E-state index >= 15 is 0 Å². The molecular weight excluding hydrogens is 317 g/mol.